The maximum absolute atomic E-state index is 12.0. The van der Waals surface area contributed by atoms with Crippen molar-refractivity contribution in [2.75, 3.05) is 6.54 Å². The molecule has 1 rings (SSSR count). The molecular formula is C11H19N3O2. The second kappa shape index (κ2) is 5.12. The Morgan fingerprint density at radius 3 is 2.50 bits per heavy atom. The average Bonchev–Trinajstić information content (AvgIpc) is 2.54. The molecule has 0 spiro atoms. The highest BCUT2D eigenvalue weighted by atomic mass is 16.5. The summed E-state index contributed by atoms with van der Waals surface area (Å²) < 4.78 is 4.95. The molecule has 0 aliphatic rings. The zero-order valence-corrected chi connectivity index (χ0v) is 10.2. The minimum Gasteiger partial charge on any atom is -0.361 e. The van der Waals surface area contributed by atoms with Gasteiger partial charge in [0, 0.05) is 12.6 Å². The van der Waals surface area contributed by atoms with Crippen LogP contribution in [0, 0.1) is 19.8 Å². The lowest BCUT2D eigenvalue weighted by Gasteiger charge is -2.20. The monoisotopic (exact) mass is 225 g/mol. The Bertz CT molecular complexity index is 352. The van der Waals surface area contributed by atoms with Gasteiger partial charge in [-0.25, -0.2) is 0 Å². The molecule has 16 heavy (non-hydrogen) atoms. The minimum atomic E-state index is -0.166. The van der Waals surface area contributed by atoms with Crippen LogP contribution in [0.1, 0.15) is 35.7 Å². The number of hydrogen-bond donors (Lipinski definition) is 2. The molecule has 1 aromatic rings. The summed E-state index contributed by atoms with van der Waals surface area (Å²) in [5.74, 6) is 0.671. The van der Waals surface area contributed by atoms with Gasteiger partial charge in [-0.05, 0) is 19.8 Å². The van der Waals surface area contributed by atoms with Gasteiger partial charge in [-0.3, -0.25) is 4.79 Å². The van der Waals surface area contributed by atoms with Crippen LogP contribution in [0.4, 0.5) is 0 Å². The van der Waals surface area contributed by atoms with E-state index in [2.05, 4.69) is 10.5 Å². The van der Waals surface area contributed by atoms with Crippen molar-refractivity contribution in [3.8, 4) is 0 Å². The van der Waals surface area contributed by atoms with E-state index in [0.29, 0.717) is 29.5 Å². The molecule has 1 atom stereocenters. The van der Waals surface area contributed by atoms with Gasteiger partial charge in [0.15, 0.2) is 0 Å². The van der Waals surface area contributed by atoms with Crippen molar-refractivity contribution in [1.29, 1.82) is 0 Å². The Labute approximate surface area is 95.4 Å². The molecule has 0 saturated carbocycles. The Kier molecular flexibility index (Phi) is 4.06. The standard InChI is InChI=1S/C11H19N3O2/c1-6(2)9(5-12)13-11(15)10-7(3)14-16-8(10)4/h6,9H,5,12H2,1-4H3,(H,13,15). The SMILES string of the molecule is Cc1noc(C)c1C(=O)NC(CN)C(C)C. The van der Waals surface area contributed by atoms with Gasteiger partial charge in [-0.2, -0.15) is 0 Å². The first-order valence-corrected chi connectivity index (χ1v) is 5.41. The lowest BCUT2D eigenvalue weighted by Crippen LogP contribution is -2.43. The molecule has 1 aromatic heterocycles. The van der Waals surface area contributed by atoms with E-state index in [-0.39, 0.29) is 11.9 Å². The van der Waals surface area contributed by atoms with Crippen LogP contribution < -0.4 is 11.1 Å². The van der Waals surface area contributed by atoms with Crippen molar-refractivity contribution in [3.63, 3.8) is 0 Å². The number of rotatable bonds is 4. The first-order valence-electron chi connectivity index (χ1n) is 5.41. The summed E-state index contributed by atoms with van der Waals surface area (Å²) in [5.41, 5.74) is 6.72. The summed E-state index contributed by atoms with van der Waals surface area (Å²) in [6, 6.07) is -0.0267. The van der Waals surface area contributed by atoms with E-state index in [1.54, 1.807) is 13.8 Å². The highest BCUT2D eigenvalue weighted by Crippen LogP contribution is 2.12. The van der Waals surface area contributed by atoms with Crippen molar-refractivity contribution < 1.29 is 9.32 Å². The molecule has 0 fully saturated rings. The van der Waals surface area contributed by atoms with Gasteiger partial charge in [0.25, 0.3) is 5.91 Å². The zero-order chi connectivity index (χ0) is 12.3. The normalized spacial score (nSPS) is 12.9. The van der Waals surface area contributed by atoms with Crippen molar-refractivity contribution in [2.24, 2.45) is 11.7 Å². The topological polar surface area (TPSA) is 81.2 Å². The fourth-order valence-corrected chi connectivity index (χ4v) is 1.55. The molecule has 3 N–H and O–H groups in total. The second-order valence-electron chi connectivity index (χ2n) is 4.26. The minimum absolute atomic E-state index is 0.0267. The summed E-state index contributed by atoms with van der Waals surface area (Å²) in [5, 5.41) is 6.63. The van der Waals surface area contributed by atoms with Gasteiger partial charge in [0.05, 0.1) is 5.69 Å². The van der Waals surface area contributed by atoms with Crippen LogP contribution in [-0.4, -0.2) is 23.7 Å². The lowest BCUT2D eigenvalue weighted by atomic mass is 10.0. The largest absolute Gasteiger partial charge is 0.361 e. The Balaban J connectivity index is 2.80. The second-order valence-corrected chi connectivity index (χ2v) is 4.26. The van der Waals surface area contributed by atoms with Gasteiger partial charge in [0.1, 0.15) is 11.3 Å². The number of aromatic nitrogens is 1. The van der Waals surface area contributed by atoms with E-state index in [0.717, 1.165) is 0 Å². The number of carbonyl (C=O) groups excluding carboxylic acids is 1. The quantitative estimate of drug-likeness (QED) is 0.801. The van der Waals surface area contributed by atoms with Crippen molar-refractivity contribution in [1.82, 2.24) is 10.5 Å². The number of nitrogens with two attached hydrogens (primary N) is 1. The van der Waals surface area contributed by atoms with Gasteiger partial charge >= 0.3 is 0 Å². The van der Waals surface area contributed by atoms with Crippen LogP contribution >= 0.6 is 0 Å². The number of hydrogen-bond acceptors (Lipinski definition) is 4. The Morgan fingerprint density at radius 2 is 2.12 bits per heavy atom. The van der Waals surface area contributed by atoms with Gasteiger partial charge in [-0.1, -0.05) is 19.0 Å². The summed E-state index contributed by atoms with van der Waals surface area (Å²) >= 11 is 0. The fourth-order valence-electron chi connectivity index (χ4n) is 1.55. The van der Waals surface area contributed by atoms with E-state index in [1.165, 1.54) is 0 Å². The average molecular weight is 225 g/mol. The van der Waals surface area contributed by atoms with Crippen molar-refractivity contribution in [3.05, 3.63) is 17.0 Å². The molecule has 0 saturated heterocycles. The number of aryl methyl sites for hydroxylation is 2. The highest BCUT2D eigenvalue weighted by Gasteiger charge is 2.21. The molecular weight excluding hydrogens is 206 g/mol. The lowest BCUT2D eigenvalue weighted by molar-refractivity contribution is 0.0925. The van der Waals surface area contributed by atoms with Gasteiger partial charge < -0.3 is 15.6 Å². The molecule has 90 valence electrons. The molecule has 0 aromatic carbocycles. The number of amides is 1. The van der Waals surface area contributed by atoms with Crippen LogP contribution in [0.5, 0.6) is 0 Å². The molecule has 0 aliphatic heterocycles. The highest BCUT2D eigenvalue weighted by molar-refractivity contribution is 5.96. The third kappa shape index (κ3) is 2.61. The number of carbonyl (C=O) groups is 1. The van der Waals surface area contributed by atoms with E-state index in [4.69, 9.17) is 10.3 Å². The van der Waals surface area contributed by atoms with Gasteiger partial charge in [-0.15, -0.1) is 0 Å². The molecule has 1 heterocycles. The van der Waals surface area contributed by atoms with Gasteiger partial charge in [0.2, 0.25) is 0 Å². The zero-order valence-electron chi connectivity index (χ0n) is 10.2. The summed E-state index contributed by atoms with van der Waals surface area (Å²) in [6.07, 6.45) is 0. The summed E-state index contributed by atoms with van der Waals surface area (Å²) in [7, 11) is 0. The van der Waals surface area contributed by atoms with Crippen LogP contribution in [0.2, 0.25) is 0 Å². The molecule has 1 amide bonds. The summed E-state index contributed by atoms with van der Waals surface area (Å²) in [6.45, 7) is 7.93. The maximum atomic E-state index is 12.0. The van der Waals surface area contributed by atoms with Crippen LogP contribution in [-0.2, 0) is 0 Å². The van der Waals surface area contributed by atoms with E-state index < -0.39 is 0 Å². The molecule has 5 heteroatoms. The van der Waals surface area contributed by atoms with Crippen LogP contribution in [0.15, 0.2) is 4.52 Å². The molecule has 5 nitrogen and oxygen atoms in total. The predicted octanol–water partition coefficient (Wildman–Crippen LogP) is 1.00. The summed E-state index contributed by atoms with van der Waals surface area (Å²) in [4.78, 5) is 12.0. The smallest absolute Gasteiger partial charge is 0.257 e. The molecule has 0 bridgehead atoms. The number of nitrogens with one attached hydrogen (secondary N) is 1. The maximum Gasteiger partial charge on any atom is 0.257 e. The third-order valence-electron chi connectivity index (χ3n) is 2.64. The van der Waals surface area contributed by atoms with E-state index >= 15 is 0 Å². The van der Waals surface area contributed by atoms with Crippen LogP contribution in [0.25, 0.3) is 0 Å². The van der Waals surface area contributed by atoms with E-state index in [1.807, 2.05) is 13.8 Å². The van der Waals surface area contributed by atoms with Crippen molar-refractivity contribution in [2.45, 2.75) is 33.7 Å². The first-order chi connectivity index (χ1) is 7.47. The van der Waals surface area contributed by atoms with Crippen molar-refractivity contribution >= 4 is 5.91 Å². The van der Waals surface area contributed by atoms with E-state index in [9.17, 15) is 4.79 Å². The molecule has 0 radical (unpaired) electrons. The molecule has 0 aliphatic carbocycles. The predicted molar refractivity (Wildman–Crippen MR) is 61.1 cm³/mol. The molecule has 1 unspecified atom stereocenters. The third-order valence-corrected chi connectivity index (χ3v) is 2.64. The number of nitrogens with zero attached hydrogens (tertiary/aromatic N) is 1. The fraction of sp³-hybridized carbons (Fsp3) is 0.636. The Hall–Kier alpha value is -1.36. The first kappa shape index (κ1) is 12.7. The Morgan fingerprint density at radius 1 is 1.50 bits per heavy atom. The van der Waals surface area contributed by atoms with Crippen LogP contribution in [0.3, 0.4) is 0 Å².